The van der Waals surface area contributed by atoms with Crippen LogP contribution in [0.4, 0.5) is 13.6 Å². The van der Waals surface area contributed by atoms with E-state index in [1.165, 1.54) is 4.90 Å². The molecule has 1 aromatic rings. The van der Waals surface area contributed by atoms with Gasteiger partial charge in [-0.05, 0) is 24.6 Å². The summed E-state index contributed by atoms with van der Waals surface area (Å²) >= 11 is 0. The molecule has 0 saturated carbocycles. The van der Waals surface area contributed by atoms with Gasteiger partial charge in [0.1, 0.15) is 11.6 Å². The Bertz CT molecular complexity index is 439. The summed E-state index contributed by atoms with van der Waals surface area (Å²) < 4.78 is 26.4. The first-order valence-electron chi connectivity index (χ1n) is 5.33. The number of amides is 2. The average molecular weight is 241 g/mol. The van der Waals surface area contributed by atoms with Gasteiger partial charge in [-0.3, -0.25) is 5.01 Å². The molecule has 0 bridgehead atoms. The summed E-state index contributed by atoms with van der Waals surface area (Å²) in [7, 11) is 0. The molecule has 6 heteroatoms. The number of hydrogen-bond donors (Lipinski definition) is 1. The fourth-order valence-corrected chi connectivity index (χ4v) is 1.82. The van der Waals surface area contributed by atoms with Crippen molar-refractivity contribution in [1.29, 1.82) is 0 Å². The molecule has 0 unspecified atom stereocenters. The molecule has 0 radical (unpaired) electrons. The van der Waals surface area contributed by atoms with Crippen molar-refractivity contribution in [2.75, 3.05) is 13.1 Å². The van der Waals surface area contributed by atoms with Crippen molar-refractivity contribution in [2.45, 2.75) is 13.0 Å². The number of nitrogens with two attached hydrogens (primary N) is 1. The minimum absolute atomic E-state index is 0.0378. The maximum Gasteiger partial charge on any atom is 0.334 e. The Kier molecular flexibility index (Phi) is 3.23. The Labute approximate surface area is 97.6 Å². The van der Waals surface area contributed by atoms with Gasteiger partial charge in [-0.2, -0.15) is 0 Å². The van der Waals surface area contributed by atoms with Gasteiger partial charge in [-0.25, -0.2) is 19.4 Å². The van der Waals surface area contributed by atoms with Gasteiger partial charge in [-0.15, -0.1) is 0 Å². The Morgan fingerprint density at radius 1 is 1.29 bits per heavy atom. The number of rotatable bonds is 2. The Balaban J connectivity index is 2.14. The smallest absolute Gasteiger partial charge is 0.319 e. The van der Waals surface area contributed by atoms with Gasteiger partial charge in [0.05, 0.1) is 6.54 Å². The van der Waals surface area contributed by atoms with Crippen LogP contribution < -0.4 is 5.84 Å². The van der Waals surface area contributed by atoms with Crippen LogP contribution in [0.2, 0.25) is 0 Å². The lowest BCUT2D eigenvalue weighted by atomic mass is 10.2. The van der Waals surface area contributed by atoms with Gasteiger partial charge in [0, 0.05) is 18.7 Å². The van der Waals surface area contributed by atoms with Gasteiger partial charge < -0.3 is 4.90 Å². The highest BCUT2D eigenvalue weighted by molar-refractivity contribution is 5.74. The van der Waals surface area contributed by atoms with Gasteiger partial charge in [0.25, 0.3) is 0 Å². The first kappa shape index (κ1) is 11.8. The highest BCUT2D eigenvalue weighted by Crippen LogP contribution is 2.15. The molecule has 1 aliphatic rings. The quantitative estimate of drug-likeness (QED) is 0.629. The molecule has 92 valence electrons. The Hall–Kier alpha value is -1.69. The lowest BCUT2D eigenvalue weighted by Crippen LogP contribution is -2.52. The second-order valence-corrected chi connectivity index (χ2v) is 3.99. The number of carbonyl (C=O) groups excluding carboxylic acids is 1. The van der Waals surface area contributed by atoms with E-state index in [-0.39, 0.29) is 18.1 Å². The fourth-order valence-electron chi connectivity index (χ4n) is 1.82. The van der Waals surface area contributed by atoms with Crippen LogP contribution in [0.5, 0.6) is 0 Å². The van der Waals surface area contributed by atoms with Crippen LogP contribution in [0.25, 0.3) is 0 Å². The second kappa shape index (κ2) is 4.67. The molecular weight excluding hydrogens is 228 g/mol. The summed E-state index contributed by atoms with van der Waals surface area (Å²) in [4.78, 5) is 13.0. The zero-order valence-corrected chi connectivity index (χ0v) is 9.20. The summed E-state index contributed by atoms with van der Waals surface area (Å²) in [6, 6.07) is 2.84. The number of hydrogen-bond acceptors (Lipinski definition) is 2. The Morgan fingerprint density at radius 2 is 2.06 bits per heavy atom. The van der Waals surface area contributed by atoms with Crippen LogP contribution in [-0.4, -0.2) is 29.0 Å². The molecule has 1 saturated heterocycles. The van der Waals surface area contributed by atoms with Gasteiger partial charge in [0.15, 0.2) is 0 Å². The Morgan fingerprint density at radius 3 is 2.82 bits per heavy atom. The fraction of sp³-hybridized carbons (Fsp3) is 0.364. The standard InChI is InChI=1S/C11H13F2N3O/c12-9-2-3-10(13)8(6-9)7-15-4-1-5-16(14)11(15)17/h2-3,6H,1,4-5,7,14H2. The lowest BCUT2D eigenvalue weighted by molar-refractivity contribution is 0.126. The van der Waals surface area contributed by atoms with E-state index >= 15 is 0 Å². The zero-order valence-electron chi connectivity index (χ0n) is 9.20. The molecule has 4 nitrogen and oxygen atoms in total. The minimum Gasteiger partial charge on any atom is -0.319 e. The second-order valence-electron chi connectivity index (χ2n) is 3.99. The summed E-state index contributed by atoms with van der Waals surface area (Å²) in [6.07, 6.45) is 0.721. The van der Waals surface area contributed by atoms with E-state index in [9.17, 15) is 13.6 Å². The summed E-state index contributed by atoms with van der Waals surface area (Å²) in [6.45, 7) is 1.03. The number of hydrazine groups is 1. The molecule has 1 aromatic carbocycles. The lowest BCUT2D eigenvalue weighted by Gasteiger charge is -2.32. The maximum absolute atomic E-state index is 13.4. The van der Waals surface area contributed by atoms with Crippen molar-refractivity contribution in [3.8, 4) is 0 Å². The molecule has 2 amide bonds. The van der Waals surface area contributed by atoms with Crippen LogP contribution in [0.1, 0.15) is 12.0 Å². The molecule has 2 N–H and O–H groups in total. The SMILES string of the molecule is NN1CCCN(Cc2cc(F)ccc2F)C1=O. The molecule has 17 heavy (non-hydrogen) atoms. The minimum atomic E-state index is -0.520. The van der Waals surface area contributed by atoms with Crippen molar-refractivity contribution < 1.29 is 13.6 Å². The molecule has 2 rings (SSSR count). The van der Waals surface area contributed by atoms with Gasteiger partial charge in [0.2, 0.25) is 0 Å². The number of carbonyl (C=O) groups is 1. The van der Waals surface area contributed by atoms with Crippen molar-refractivity contribution in [2.24, 2.45) is 5.84 Å². The van der Waals surface area contributed by atoms with Gasteiger partial charge >= 0.3 is 6.03 Å². The highest BCUT2D eigenvalue weighted by Gasteiger charge is 2.24. The first-order chi connectivity index (χ1) is 8.08. The van der Waals surface area contributed by atoms with E-state index in [4.69, 9.17) is 5.84 Å². The van der Waals surface area contributed by atoms with Gasteiger partial charge in [-0.1, -0.05) is 0 Å². The van der Waals surface area contributed by atoms with Crippen LogP contribution in [-0.2, 0) is 6.54 Å². The number of benzene rings is 1. The van der Waals surface area contributed by atoms with Crippen LogP contribution >= 0.6 is 0 Å². The van der Waals surface area contributed by atoms with Crippen molar-refractivity contribution in [1.82, 2.24) is 9.91 Å². The van der Waals surface area contributed by atoms with E-state index in [0.717, 1.165) is 29.6 Å². The zero-order chi connectivity index (χ0) is 12.4. The molecular formula is C11H13F2N3O. The van der Waals surface area contributed by atoms with Crippen LogP contribution in [0, 0.1) is 11.6 Å². The topological polar surface area (TPSA) is 49.6 Å². The molecule has 0 aliphatic carbocycles. The number of urea groups is 1. The largest absolute Gasteiger partial charge is 0.334 e. The van der Waals surface area contributed by atoms with Crippen LogP contribution in [0.15, 0.2) is 18.2 Å². The first-order valence-corrected chi connectivity index (χ1v) is 5.33. The highest BCUT2D eigenvalue weighted by atomic mass is 19.1. The maximum atomic E-state index is 13.4. The molecule has 0 spiro atoms. The van der Waals surface area contributed by atoms with E-state index in [1.807, 2.05) is 0 Å². The van der Waals surface area contributed by atoms with E-state index in [0.29, 0.717) is 13.1 Å². The molecule has 0 aromatic heterocycles. The third-order valence-electron chi connectivity index (χ3n) is 2.71. The summed E-state index contributed by atoms with van der Waals surface area (Å²) in [5, 5.41) is 1.08. The van der Waals surface area contributed by atoms with E-state index in [1.54, 1.807) is 0 Å². The van der Waals surface area contributed by atoms with Crippen molar-refractivity contribution in [3.63, 3.8) is 0 Å². The third kappa shape index (κ3) is 2.52. The monoisotopic (exact) mass is 241 g/mol. The summed E-state index contributed by atoms with van der Waals surface area (Å²) in [5.74, 6) is 4.43. The molecule has 1 fully saturated rings. The normalized spacial score (nSPS) is 16.5. The van der Waals surface area contributed by atoms with E-state index < -0.39 is 11.6 Å². The molecule has 1 heterocycles. The van der Waals surface area contributed by atoms with Crippen molar-refractivity contribution >= 4 is 6.03 Å². The number of halogens is 2. The molecule has 0 atom stereocenters. The predicted octanol–water partition coefficient (Wildman–Crippen LogP) is 1.47. The average Bonchev–Trinajstić information content (AvgIpc) is 2.30. The third-order valence-corrected chi connectivity index (χ3v) is 2.71. The molecule has 1 aliphatic heterocycles. The van der Waals surface area contributed by atoms with Crippen molar-refractivity contribution in [3.05, 3.63) is 35.4 Å². The predicted molar refractivity (Wildman–Crippen MR) is 57.7 cm³/mol. The van der Waals surface area contributed by atoms with Crippen LogP contribution in [0.3, 0.4) is 0 Å². The summed E-state index contributed by atoms with van der Waals surface area (Å²) in [5.41, 5.74) is 0.161. The van der Waals surface area contributed by atoms with E-state index in [2.05, 4.69) is 0 Å². The number of nitrogens with zero attached hydrogens (tertiary/aromatic N) is 2.